The SMILES string of the molecule is CN1c2cccc(Cl)c2NCC1(C)C. The number of nitrogens with zero attached hydrogens (tertiary/aromatic N) is 1. The predicted octanol–water partition coefficient (Wildman–Crippen LogP) is 2.98. The molecule has 2 rings (SSSR count). The fourth-order valence-electron chi connectivity index (χ4n) is 1.72. The number of halogens is 1. The van der Waals surface area contributed by atoms with E-state index in [9.17, 15) is 0 Å². The summed E-state index contributed by atoms with van der Waals surface area (Å²) in [5.74, 6) is 0. The van der Waals surface area contributed by atoms with Gasteiger partial charge >= 0.3 is 0 Å². The van der Waals surface area contributed by atoms with Crippen molar-refractivity contribution in [3.63, 3.8) is 0 Å². The Kier molecular flexibility index (Phi) is 2.11. The second-order valence-corrected chi connectivity index (χ2v) is 4.77. The van der Waals surface area contributed by atoms with E-state index in [1.54, 1.807) is 0 Å². The van der Waals surface area contributed by atoms with Gasteiger partial charge in [0.15, 0.2) is 0 Å². The largest absolute Gasteiger partial charge is 0.380 e. The first-order valence-electron chi connectivity index (χ1n) is 4.78. The van der Waals surface area contributed by atoms with Gasteiger partial charge in [-0.05, 0) is 26.0 Å². The Bertz CT molecular complexity index is 360. The zero-order valence-corrected chi connectivity index (χ0v) is 9.52. The smallest absolute Gasteiger partial charge is 0.0768 e. The molecule has 1 heterocycles. The zero-order chi connectivity index (χ0) is 10.3. The van der Waals surface area contributed by atoms with Gasteiger partial charge in [0.1, 0.15) is 0 Å². The quantitative estimate of drug-likeness (QED) is 0.708. The summed E-state index contributed by atoms with van der Waals surface area (Å²) in [6.45, 7) is 5.34. The van der Waals surface area contributed by atoms with Gasteiger partial charge in [-0.25, -0.2) is 0 Å². The van der Waals surface area contributed by atoms with E-state index < -0.39 is 0 Å². The van der Waals surface area contributed by atoms with E-state index in [0.717, 1.165) is 17.3 Å². The van der Waals surface area contributed by atoms with Crippen LogP contribution in [0.2, 0.25) is 5.02 Å². The van der Waals surface area contributed by atoms with E-state index in [2.05, 4.69) is 37.2 Å². The minimum absolute atomic E-state index is 0.137. The van der Waals surface area contributed by atoms with Crippen LogP contribution in [0.25, 0.3) is 0 Å². The summed E-state index contributed by atoms with van der Waals surface area (Å²) in [5.41, 5.74) is 2.36. The summed E-state index contributed by atoms with van der Waals surface area (Å²) in [4.78, 5) is 2.27. The van der Waals surface area contributed by atoms with Crippen LogP contribution in [0, 0.1) is 0 Å². The van der Waals surface area contributed by atoms with E-state index in [-0.39, 0.29) is 5.54 Å². The third-order valence-corrected chi connectivity index (χ3v) is 3.27. The predicted molar refractivity (Wildman–Crippen MR) is 62.4 cm³/mol. The first kappa shape index (κ1) is 9.66. The lowest BCUT2D eigenvalue weighted by molar-refractivity contribution is 0.503. The van der Waals surface area contributed by atoms with Crippen LogP contribution < -0.4 is 10.2 Å². The average molecular weight is 211 g/mol. The molecular weight excluding hydrogens is 196 g/mol. The Morgan fingerprint density at radius 1 is 1.43 bits per heavy atom. The molecule has 0 aromatic heterocycles. The molecule has 0 aliphatic carbocycles. The summed E-state index contributed by atoms with van der Waals surface area (Å²) >= 11 is 6.11. The van der Waals surface area contributed by atoms with Crippen molar-refractivity contribution < 1.29 is 0 Å². The second kappa shape index (κ2) is 3.06. The van der Waals surface area contributed by atoms with Crippen LogP contribution in [0.3, 0.4) is 0 Å². The van der Waals surface area contributed by atoms with Crippen molar-refractivity contribution in [2.75, 3.05) is 23.8 Å². The minimum atomic E-state index is 0.137. The van der Waals surface area contributed by atoms with Crippen molar-refractivity contribution in [2.24, 2.45) is 0 Å². The molecule has 0 radical (unpaired) electrons. The molecule has 14 heavy (non-hydrogen) atoms. The van der Waals surface area contributed by atoms with Gasteiger partial charge in [-0.2, -0.15) is 0 Å². The minimum Gasteiger partial charge on any atom is -0.380 e. The summed E-state index contributed by atoms with van der Waals surface area (Å²) in [7, 11) is 2.11. The highest BCUT2D eigenvalue weighted by atomic mass is 35.5. The van der Waals surface area contributed by atoms with Crippen molar-refractivity contribution >= 4 is 23.0 Å². The van der Waals surface area contributed by atoms with Crippen LogP contribution >= 0.6 is 11.6 Å². The molecule has 2 nitrogen and oxygen atoms in total. The van der Waals surface area contributed by atoms with Crippen LogP contribution in [0.5, 0.6) is 0 Å². The number of hydrogen-bond acceptors (Lipinski definition) is 2. The molecule has 0 atom stereocenters. The summed E-state index contributed by atoms with van der Waals surface area (Å²) in [5, 5.41) is 4.17. The van der Waals surface area contributed by atoms with Crippen molar-refractivity contribution in [3.8, 4) is 0 Å². The lowest BCUT2D eigenvalue weighted by atomic mass is 9.99. The number of anilines is 2. The van der Waals surface area contributed by atoms with Crippen LogP contribution in [-0.4, -0.2) is 19.1 Å². The summed E-state index contributed by atoms with van der Waals surface area (Å²) < 4.78 is 0. The molecule has 0 spiro atoms. The van der Waals surface area contributed by atoms with E-state index in [4.69, 9.17) is 11.6 Å². The molecule has 1 aliphatic heterocycles. The number of fused-ring (bicyclic) bond motifs is 1. The molecule has 1 aromatic carbocycles. The van der Waals surface area contributed by atoms with Crippen LogP contribution in [0.15, 0.2) is 18.2 Å². The van der Waals surface area contributed by atoms with Gasteiger partial charge in [0.2, 0.25) is 0 Å². The first-order chi connectivity index (χ1) is 6.52. The molecular formula is C11H15ClN2. The molecule has 1 aromatic rings. The van der Waals surface area contributed by atoms with E-state index in [1.165, 1.54) is 5.69 Å². The van der Waals surface area contributed by atoms with Crippen molar-refractivity contribution in [3.05, 3.63) is 23.2 Å². The van der Waals surface area contributed by atoms with Crippen LogP contribution in [0.4, 0.5) is 11.4 Å². The topological polar surface area (TPSA) is 15.3 Å². The van der Waals surface area contributed by atoms with Crippen LogP contribution in [0.1, 0.15) is 13.8 Å². The van der Waals surface area contributed by atoms with E-state index in [1.807, 2.05) is 12.1 Å². The average Bonchev–Trinajstić information content (AvgIpc) is 2.13. The first-order valence-corrected chi connectivity index (χ1v) is 5.16. The highest BCUT2D eigenvalue weighted by molar-refractivity contribution is 6.34. The van der Waals surface area contributed by atoms with Gasteiger partial charge in [-0.15, -0.1) is 0 Å². The fraction of sp³-hybridized carbons (Fsp3) is 0.455. The standard InChI is InChI=1S/C11H15ClN2/c1-11(2)7-13-10-8(12)5-4-6-9(10)14(11)3/h4-6,13H,7H2,1-3H3. The third-order valence-electron chi connectivity index (χ3n) is 2.96. The van der Waals surface area contributed by atoms with E-state index in [0.29, 0.717) is 0 Å². The van der Waals surface area contributed by atoms with Gasteiger partial charge in [-0.3, -0.25) is 0 Å². The number of benzene rings is 1. The molecule has 0 amide bonds. The van der Waals surface area contributed by atoms with Gasteiger partial charge in [0, 0.05) is 13.6 Å². The lowest BCUT2D eigenvalue weighted by Crippen LogP contribution is -2.50. The maximum Gasteiger partial charge on any atom is 0.0768 e. The molecule has 1 N–H and O–H groups in total. The van der Waals surface area contributed by atoms with Gasteiger partial charge < -0.3 is 10.2 Å². The Balaban J connectivity index is 2.51. The van der Waals surface area contributed by atoms with Gasteiger partial charge in [-0.1, -0.05) is 17.7 Å². The maximum absolute atomic E-state index is 6.11. The fourth-order valence-corrected chi connectivity index (χ4v) is 1.95. The number of rotatable bonds is 0. The summed E-state index contributed by atoms with van der Waals surface area (Å²) in [6, 6.07) is 6.00. The number of para-hydroxylation sites is 1. The second-order valence-electron chi connectivity index (χ2n) is 4.36. The molecule has 76 valence electrons. The third kappa shape index (κ3) is 1.34. The zero-order valence-electron chi connectivity index (χ0n) is 8.76. The Morgan fingerprint density at radius 2 is 2.14 bits per heavy atom. The van der Waals surface area contributed by atoms with Crippen molar-refractivity contribution in [1.82, 2.24) is 0 Å². The molecule has 0 unspecified atom stereocenters. The molecule has 0 fully saturated rings. The molecule has 0 saturated heterocycles. The van der Waals surface area contributed by atoms with Crippen LogP contribution in [-0.2, 0) is 0 Å². The Hall–Kier alpha value is -0.890. The summed E-state index contributed by atoms with van der Waals surface area (Å²) in [6.07, 6.45) is 0. The highest BCUT2D eigenvalue weighted by Crippen LogP contribution is 2.38. The van der Waals surface area contributed by atoms with E-state index >= 15 is 0 Å². The van der Waals surface area contributed by atoms with Gasteiger partial charge in [0.05, 0.1) is 21.9 Å². The monoisotopic (exact) mass is 210 g/mol. The number of likely N-dealkylation sites (N-methyl/N-ethyl adjacent to an activating group) is 1. The number of hydrogen-bond donors (Lipinski definition) is 1. The lowest BCUT2D eigenvalue weighted by Gasteiger charge is -2.43. The Morgan fingerprint density at radius 3 is 2.86 bits per heavy atom. The Labute approximate surface area is 89.9 Å². The van der Waals surface area contributed by atoms with Crippen molar-refractivity contribution in [2.45, 2.75) is 19.4 Å². The van der Waals surface area contributed by atoms with Gasteiger partial charge in [0.25, 0.3) is 0 Å². The molecule has 3 heteroatoms. The normalized spacial score (nSPS) is 18.7. The maximum atomic E-state index is 6.11. The molecule has 0 bridgehead atoms. The highest BCUT2D eigenvalue weighted by Gasteiger charge is 2.30. The van der Waals surface area contributed by atoms with Crippen molar-refractivity contribution in [1.29, 1.82) is 0 Å². The molecule has 0 saturated carbocycles. The molecule has 1 aliphatic rings. The number of nitrogens with one attached hydrogen (secondary N) is 1.